The summed E-state index contributed by atoms with van der Waals surface area (Å²) in [5, 5.41) is 4.17. The minimum atomic E-state index is -0.0942. The van der Waals surface area contributed by atoms with Gasteiger partial charge >= 0.3 is 0 Å². The van der Waals surface area contributed by atoms with Gasteiger partial charge in [-0.2, -0.15) is 0 Å². The number of fused-ring (bicyclic) bond motifs is 1. The van der Waals surface area contributed by atoms with Crippen molar-refractivity contribution >= 4 is 16.8 Å². The van der Waals surface area contributed by atoms with Gasteiger partial charge in [-0.25, -0.2) is 0 Å². The van der Waals surface area contributed by atoms with Crippen molar-refractivity contribution in [2.24, 2.45) is 0 Å². The SMILES string of the molecule is O=C(CC(c1ccc(OCc2ccccc2)cc1)c1c[nH]c2ccccc12)NCc1cccnc1. The first-order chi connectivity index (χ1) is 17.3. The van der Waals surface area contributed by atoms with Gasteiger partial charge in [0, 0.05) is 48.4 Å². The van der Waals surface area contributed by atoms with E-state index in [4.69, 9.17) is 4.74 Å². The number of rotatable bonds is 9. The van der Waals surface area contributed by atoms with E-state index < -0.39 is 0 Å². The van der Waals surface area contributed by atoms with Crippen LogP contribution >= 0.6 is 0 Å². The first kappa shape index (κ1) is 22.4. The molecule has 174 valence electrons. The monoisotopic (exact) mass is 461 g/mol. The lowest BCUT2D eigenvalue weighted by Crippen LogP contribution is -2.25. The van der Waals surface area contributed by atoms with Gasteiger partial charge in [-0.3, -0.25) is 9.78 Å². The van der Waals surface area contributed by atoms with Gasteiger partial charge in [0.15, 0.2) is 0 Å². The molecular weight excluding hydrogens is 434 g/mol. The van der Waals surface area contributed by atoms with Crippen LogP contribution in [0, 0.1) is 0 Å². The van der Waals surface area contributed by atoms with Crippen molar-refractivity contribution in [3.8, 4) is 5.75 Å². The van der Waals surface area contributed by atoms with Crippen LogP contribution in [-0.4, -0.2) is 15.9 Å². The van der Waals surface area contributed by atoms with Crippen molar-refractivity contribution < 1.29 is 9.53 Å². The molecule has 0 radical (unpaired) electrons. The molecule has 0 bridgehead atoms. The number of carbonyl (C=O) groups is 1. The highest BCUT2D eigenvalue weighted by Crippen LogP contribution is 2.34. The normalized spacial score (nSPS) is 11.8. The van der Waals surface area contributed by atoms with Crippen LogP contribution < -0.4 is 10.1 Å². The molecule has 5 rings (SSSR count). The molecule has 2 N–H and O–H groups in total. The number of hydrogen-bond donors (Lipinski definition) is 2. The molecule has 0 saturated heterocycles. The summed E-state index contributed by atoms with van der Waals surface area (Å²) in [6.45, 7) is 0.975. The Morgan fingerprint density at radius 2 is 1.66 bits per heavy atom. The summed E-state index contributed by atoms with van der Waals surface area (Å²) in [6, 6.07) is 30.2. The Morgan fingerprint density at radius 1 is 0.886 bits per heavy atom. The lowest BCUT2D eigenvalue weighted by Gasteiger charge is -2.18. The van der Waals surface area contributed by atoms with Gasteiger partial charge in [0.05, 0.1) is 0 Å². The topological polar surface area (TPSA) is 67.0 Å². The summed E-state index contributed by atoms with van der Waals surface area (Å²) in [7, 11) is 0. The Kier molecular flexibility index (Phi) is 6.85. The van der Waals surface area contributed by atoms with Gasteiger partial charge in [-0.1, -0.05) is 66.7 Å². The number of amides is 1. The fraction of sp³-hybridized carbons (Fsp3) is 0.133. The number of aromatic nitrogens is 2. The van der Waals surface area contributed by atoms with Crippen molar-refractivity contribution in [1.82, 2.24) is 15.3 Å². The molecule has 0 fully saturated rings. The third-order valence-corrected chi connectivity index (χ3v) is 6.13. The molecule has 0 aliphatic heterocycles. The molecule has 0 aliphatic rings. The Balaban J connectivity index is 1.35. The van der Waals surface area contributed by atoms with Crippen molar-refractivity contribution in [3.63, 3.8) is 0 Å². The second kappa shape index (κ2) is 10.7. The standard InChI is InChI=1S/C30H27N3O2/c34-30(33-19-23-9-6-16-31-18-23)17-27(28-20-32-29-11-5-4-10-26(28)29)24-12-14-25(15-13-24)35-21-22-7-2-1-3-8-22/h1-16,18,20,27,32H,17,19,21H2,(H,33,34). The molecule has 1 unspecified atom stereocenters. The molecule has 5 aromatic rings. The summed E-state index contributed by atoms with van der Waals surface area (Å²) in [5.74, 6) is 0.702. The van der Waals surface area contributed by atoms with Crippen LogP contribution in [0.5, 0.6) is 5.75 Å². The highest BCUT2D eigenvalue weighted by molar-refractivity contribution is 5.86. The van der Waals surface area contributed by atoms with Crippen molar-refractivity contribution in [2.45, 2.75) is 25.5 Å². The van der Waals surface area contributed by atoms with Crippen LogP contribution in [0.1, 0.15) is 34.6 Å². The number of ether oxygens (including phenoxy) is 1. The number of para-hydroxylation sites is 1. The first-order valence-corrected chi connectivity index (χ1v) is 11.7. The summed E-state index contributed by atoms with van der Waals surface area (Å²) >= 11 is 0. The summed E-state index contributed by atoms with van der Waals surface area (Å²) in [5.41, 5.74) is 5.34. The predicted molar refractivity (Wildman–Crippen MR) is 138 cm³/mol. The first-order valence-electron chi connectivity index (χ1n) is 11.7. The lowest BCUT2D eigenvalue weighted by molar-refractivity contribution is -0.121. The molecule has 35 heavy (non-hydrogen) atoms. The molecule has 5 nitrogen and oxygen atoms in total. The second-order valence-corrected chi connectivity index (χ2v) is 8.53. The Morgan fingerprint density at radius 3 is 2.46 bits per heavy atom. The zero-order valence-corrected chi connectivity index (χ0v) is 19.4. The molecule has 1 atom stereocenters. The van der Waals surface area contributed by atoms with E-state index in [1.807, 2.05) is 72.9 Å². The molecule has 2 aromatic heterocycles. The fourth-order valence-electron chi connectivity index (χ4n) is 4.29. The lowest BCUT2D eigenvalue weighted by atomic mass is 9.88. The van der Waals surface area contributed by atoms with Crippen LogP contribution in [0.2, 0.25) is 0 Å². The third-order valence-electron chi connectivity index (χ3n) is 6.13. The maximum atomic E-state index is 13.0. The maximum Gasteiger partial charge on any atom is 0.221 e. The molecule has 1 amide bonds. The second-order valence-electron chi connectivity index (χ2n) is 8.53. The zero-order chi connectivity index (χ0) is 23.9. The third kappa shape index (κ3) is 5.58. The van der Waals surface area contributed by atoms with Gasteiger partial charge in [-0.15, -0.1) is 0 Å². The summed E-state index contributed by atoms with van der Waals surface area (Å²) in [6.07, 6.45) is 5.85. The Labute approximate surface area is 204 Å². The van der Waals surface area contributed by atoms with Gasteiger partial charge in [0.25, 0.3) is 0 Å². The van der Waals surface area contributed by atoms with E-state index in [0.717, 1.165) is 38.9 Å². The predicted octanol–water partition coefficient (Wildman–Crippen LogP) is 5.98. The minimum absolute atomic E-state index is 0.00598. The van der Waals surface area contributed by atoms with Gasteiger partial charge < -0.3 is 15.0 Å². The highest BCUT2D eigenvalue weighted by Gasteiger charge is 2.21. The molecule has 0 spiro atoms. The number of nitrogens with one attached hydrogen (secondary N) is 2. The largest absolute Gasteiger partial charge is 0.489 e. The van der Waals surface area contributed by atoms with Crippen LogP contribution in [-0.2, 0) is 17.9 Å². The van der Waals surface area contributed by atoms with E-state index in [1.54, 1.807) is 12.4 Å². The van der Waals surface area contributed by atoms with Gasteiger partial charge in [0.1, 0.15) is 12.4 Å². The van der Waals surface area contributed by atoms with E-state index in [1.165, 1.54) is 0 Å². The number of benzene rings is 3. The van der Waals surface area contributed by atoms with Gasteiger partial charge in [0.2, 0.25) is 5.91 Å². The number of pyridine rings is 1. The fourth-order valence-corrected chi connectivity index (χ4v) is 4.29. The zero-order valence-electron chi connectivity index (χ0n) is 19.4. The van der Waals surface area contributed by atoms with E-state index in [-0.39, 0.29) is 11.8 Å². The number of hydrogen-bond acceptors (Lipinski definition) is 3. The summed E-state index contributed by atoms with van der Waals surface area (Å²) in [4.78, 5) is 20.5. The quantitative estimate of drug-likeness (QED) is 0.284. The van der Waals surface area contributed by atoms with Gasteiger partial charge in [-0.05, 0) is 46.5 Å². The average molecular weight is 462 g/mol. The smallest absolute Gasteiger partial charge is 0.221 e. The van der Waals surface area contributed by atoms with E-state index in [9.17, 15) is 4.79 Å². The summed E-state index contributed by atoms with van der Waals surface area (Å²) < 4.78 is 5.97. The van der Waals surface area contributed by atoms with Crippen LogP contribution in [0.3, 0.4) is 0 Å². The Hall–Kier alpha value is -4.38. The van der Waals surface area contributed by atoms with Crippen molar-refractivity contribution in [2.75, 3.05) is 0 Å². The van der Waals surface area contributed by atoms with Crippen LogP contribution in [0.25, 0.3) is 10.9 Å². The Bertz CT molecular complexity index is 1380. The molecule has 0 saturated carbocycles. The van der Waals surface area contributed by atoms with Crippen molar-refractivity contribution in [3.05, 3.63) is 132 Å². The van der Waals surface area contributed by atoms with E-state index in [0.29, 0.717) is 19.6 Å². The number of aromatic amines is 1. The van der Waals surface area contributed by atoms with E-state index in [2.05, 4.69) is 39.6 Å². The number of H-pyrrole nitrogens is 1. The maximum absolute atomic E-state index is 13.0. The molecule has 2 heterocycles. The highest BCUT2D eigenvalue weighted by atomic mass is 16.5. The molecular formula is C30H27N3O2. The molecule has 5 heteroatoms. The number of carbonyl (C=O) groups excluding carboxylic acids is 1. The minimum Gasteiger partial charge on any atom is -0.489 e. The van der Waals surface area contributed by atoms with E-state index >= 15 is 0 Å². The molecule has 0 aliphatic carbocycles. The van der Waals surface area contributed by atoms with Crippen LogP contribution in [0.15, 0.2) is 110 Å². The average Bonchev–Trinajstić information content (AvgIpc) is 3.35. The molecule has 3 aromatic carbocycles. The number of nitrogens with zero attached hydrogens (tertiary/aromatic N) is 1. The van der Waals surface area contributed by atoms with Crippen molar-refractivity contribution in [1.29, 1.82) is 0 Å². The van der Waals surface area contributed by atoms with Crippen LogP contribution in [0.4, 0.5) is 0 Å².